The number of anilines is 2. The van der Waals surface area contributed by atoms with Crippen LogP contribution in [0.5, 0.6) is 0 Å². The fourth-order valence-corrected chi connectivity index (χ4v) is 1.38. The number of hydrogen-bond donors (Lipinski definition) is 3. The molecule has 1 aromatic heterocycles. The van der Waals surface area contributed by atoms with E-state index in [4.69, 9.17) is 5.73 Å². The maximum absolute atomic E-state index is 12.0. The topological polar surface area (TPSA) is 92.9 Å². The molecule has 0 aromatic carbocycles. The van der Waals surface area contributed by atoms with Crippen LogP contribution in [0, 0.1) is 0 Å². The first-order chi connectivity index (χ1) is 7.97. The largest absolute Gasteiger partial charge is 0.383 e. The summed E-state index contributed by atoms with van der Waals surface area (Å²) >= 11 is 0. The van der Waals surface area contributed by atoms with E-state index in [9.17, 15) is 18.4 Å². The average molecular weight is 248 g/mol. The first kappa shape index (κ1) is 13.2. The molecule has 0 amide bonds. The molecule has 1 rings (SSSR count). The summed E-state index contributed by atoms with van der Waals surface area (Å²) in [6.45, 7) is 1.44. The van der Waals surface area contributed by atoms with Crippen molar-refractivity contribution in [2.75, 3.05) is 17.6 Å². The molecule has 0 aliphatic carbocycles. The summed E-state index contributed by atoms with van der Waals surface area (Å²) in [5, 5.41) is 2.23. The smallest absolute Gasteiger partial charge is 0.330 e. The van der Waals surface area contributed by atoms with Gasteiger partial charge in [0, 0.05) is 6.54 Å². The van der Waals surface area contributed by atoms with E-state index in [1.807, 2.05) is 11.9 Å². The molecule has 0 fully saturated rings. The zero-order valence-corrected chi connectivity index (χ0v) is 9.30. The number of nitrogens with zero attached hydrogens (tertiary/aromatic N) is 1. The Labute approximate surface area is 95.4 Å². The molecule has 0 unspecified atom stereocenters. The highest BCUT2D eigenvalue weighted by atomic mass is 19.3. The van der Waals surface area contributed by atoms with Gasteiger partial charge in [0.1, 0.15) is 11.5 Å². The van der Waals surface area contributed by atoms with E-state index in [-0.39, 0.29) is 11.5 Å². The van der Waals surface area contributed by atoms with E-state index >= 15 is 0 Å². The van der Waals surface area contributed by atoms with Crippen LogP contribution in [-0.4, -0.2) is 22.5 Å². The van der Waals surface area contributed by atoms with E-state index < -0.39 is 24.2 Å². The molecule has 0 bridgehead atoms. The van der Waals surface area contributed by atoms with Crippen LogP contribution in [0.4, 0.5) is 20.3 Å². The normalized spacial score (nSPS) is 10.8. The molecule has 0 aliphatic rings. The minimum atomic E-state index is -2.61. The summed E-state index contributed by atoms with van der Waals surface area (Å²) < 4.78 is 25.2. The van der Waals surface area contributed by atoms with Crippen LogP contribution in [-0.2, 0) is 6.54 Å². The highest BCUT2D eigenvalue weighted by Gasteiger charge is 2.12. The Hall–Kier alpha value is -1.86. The average Bonchev–Trinajstić information content (AvgIpc) is 2.23. The second kappa shape index (κ2) is 5.46. The highest BCUT2D eigenvalue weighted by molar-refractivity contribution is 5.60. The van der Waals surface area contributed by atoms with Crippen molar-refractivity contribution in [1.29, 1.82) is 0 Å². The Morgan fingerprint density at radius 2 is 2.12 bits per heavy atom. The quantitative estimate of drug-likeness (QED) is 0.694. The summed E-state index contributed by atoms with van der Waals surface area (Å²) in [6.07, 6.45) is -1.98. The van der Waals surface area contributed by atoms with Crippen molar-refractivity contribution in [2.45, 2.75) is 26.3 Å². The van der Waals surface area contributed by atoms with Gasteiger partial charge >= 0.3 is 5.69 Å². The summed E-state index contributed by atoms with van der Waals surface area (Å²) in [5.74, 6) is -0.124. The monoisotopic (exact) mass is 248 g/mol. The molecule has 0 atom stereocenters. The van der Waals surface area contributed by atoms with Crippen LogP contribution in [0.1, 0.15) is 13.3 Å². The van der Waals surface area contributed by atoms with Gasteiger partial charge in [-0.25, -0.2) is 13.6 Å². The number of H-pyrrole nitrogens is 1. The van der Waals surface area contributed by atoms with Crippen molar-refractivity contribution in [3.05, 3.63) is 20.8 Å². The number of aromatic amines is 1. The Morgan fingerprint density at radius 1 is 1.47 bits per heavy atom. The molecule has 0 aliphatic heterocycles. The van der Waals surface area contributed by atoms with E-state index in [0.29, 0.717) is 13.0 Å². The molecule has 0 saturated heterocycles. The molecule has 1 aromatic rings. The Balaban J connectivity index is 3.16. The van der Waals surface area contributed by atoms with Gasteiger partial charge in [0.2, 0.25) is 0 Å². The Kier molecular flexibility index (Phi) is 4.24. The van der Waals surface area contributed by atoms with Crippen LogP contribution in [0.25, 0.3) is 0 Å². The highest BCUT2D eigenvalue weighted by Crippen LogP contribution is 2.10. The van der Waals surface area contributed by atoms with E-state index in [2.05, 4.69) is 5.32 Å². The van der Waals surface area contributed by atoms with Gasteiger partial charge in [-0.15, -0.1) is 0 Å². The van der Waals surface area contributed by atoms with Gasteiger partial charge in [-0.05, 0) is 6.42 Å². The number of halogens is 2. The van der Waals surface area contributed by atoms with Crippen LogP contribution in [0.15, 0.2) is 9.59 Å². The third-order valence-electron chi connectivity index (χ3n) is 2.12. The van der Waals surface area contributed by atoms with Gasteiger partial charge in [-0.3, -0.25) is 14.3 Å². The zero-order chi connectivity index (χ0) is 13.0. The number of nitrogens with two attached hydrogens (primary N) is 1. The van der Waals surface area contributed by atoms with Crippen molar-refractivity contribution in [3.8, 4) is 0 Å². The molecule has 0 radical (unpaired) electrons. The van der Waals surface area contributed by atoms with Crippen molar-refractivity contribution in [1.82, 2.24) is 9.55 Å². The number of alkyl halides is 2. The Bertz CT molecular complexity index is 495. The fraction of sp³-hybridized carbons (Fsp3) is 0.556. The second-order valence-electron chi connectivity index (χ2n) is 3.44. The number of nitrogen functional groups attached to an aromatic ring is 1. The van der Waals surface area contributed by atoms with E-state index in [0.717, 1.165) is 4.57 Å². The maximum atomic E-state index is 12.0. The molecule has 1 heterocycles. The molecule has 8 heteroatoms. The van der Waals surface area contributed by atoms with E-state index in [1.165, 1.54) is 0 Å². The first-order valence-electron chi connectivity index (χ1n) is 5.12. The van der Waals surface area contributed by atoms with Gasteiger partial charge in [0.25, 0.3) is 12.0 Å². The van der Waals surface area contributed by atoms with Gasteiger partial charge < -0.3 is 11.1 Å². The minimum absolute atomic E-state index is 0.124. The predicted molar refractivity (Wildman–Crippen MR) is 60.5 cm³/mol. The molecule has 0 spiro atoms. The number of hydrogen-bond acceptors (Lipinski definition) is 4. The van der Waals surface area contributed by atoms with Gasteiger partial charge in [0.15, 0.2) is 0 Å². The lowest BCUT2D eigenvalue weighted by atomic mass is 10.4. The van der Waals surface area contributed by atoms with Crippen molar-refractivity contribution >= 4 is 11.5 Å². The lowest BCUT2D eigenvalue weighted by Gasteiger charge is -2.12. The SMILES string of the molecule is CCCn1c(N)c(NCC(F)F)c(=O)[nH]c1=O. The molecule has 4 N–H and O–H groups in total. The second-order valence-corrected chi connectivity index (χ2v) is 3.44. The van der Waals surface area contributed by atoms with Crippen LogP contribution in [0.2, 0.25) is 0 Å². The first-order valence-corrected chi connectivity index (χ1v) is 5.12. The minimum Gasteiger partial charge on any atom is -0.383 e. The lowest BCUT2D eigenvalue weighted by Crippen LogP contribution is -2.34. The number of aromatic nitrogens is 2. The Morgan fingerprint density at radius 3 is 2.65 bits per heavy atom. The van der Waals surface area contributed by atoms with Crippen molar-refractivity contribution in [2.24, 2.45) is 0 Å². The third-order valence-corrected chi connectivity index (χ3v) is 2.12. The van der Waals surface area contributed by atoms with E-state index in [1.54, 1.807) is 0 Å². The van der Waals surface area contributed by atoms with Crippen molar-refractivity contribution < 1.29 is 8.78 Å². The van der Waals surface area contributed by atoms with Crippen molar-refractivity contribution in [3.63, 3.8) is 0 Å². The summed E-state index contributed by atoms with van der Waals surface area (Å²) in [6, 6.07) is 0. The third kappa shape index (κ3) is 3.05. The number of nitrogens with one attached hydrogen (secondary N) is 2. The van der Waals surface area contributed by atoms with Gasteiger partial charge in [-0.1, -0.05) is 6.92 Å². The van der Waals surface area contributed by atoms with Gasteiger partial charge in [0.05, 0.1) is 6.54 Å². The summed E-state index contributed by atoms with van der Waals surface area (Å²) in [7, 11) is 0. The fourth-order valence-electron chi connectivity index (χ4n) is 1.38. The molecule has 6 nitrogen and oxygen atoms in total. The van der Waals surface area contributed by atoms with Crippen LogP contribution < -0.4 is 22.3 Å². The summed E-state index contributed by atoms with van der Waals surface area (Å²) in [4.78, 5) is 24.8. The van der Waals surface area contributed by atoms with Gasteiger partial charge in [-0.2, -0.15) is 0 Å². The molecule has 96 valence electrons. The van der Waals surface area contributed by atoms with Crippen LogP contribution >= 0.6 is 0 Å². The molecular weight excluding hydrogens is 234 g/mol. The lowest BCUT2D eigenvalue weighted by molar-refractivity contribution is 0.163. The molecule has 17 heavy (non-hydrogen) atoms. The predicted octanol–water partition coefficient (Wildman–Crippen LogP) is 0.206. The number of rotatable bonds is 5. The molecule has 0 saturated carbocycles. The standard InChI is InChI=1S/C9H14F2N4O2/c1-2-3-15-7(12)6(13-4-5(10)11)8(16)14-9(15)17/h5,13H,2-4,12H2,1H3,(H,14,16,17). The summed E-state index contributed by atoms with van der Waals surface area (Å²) in [5.41, 5.74) is 3.96. The zero-order valence-electron chi connectivity index (χ0n) is 9.30. The van der Waals surface area contributed by atoms with Crippen LogP contribution in [0.3, 0.4) is 0 Å². The molecular formula is C9H14F2N4O2. The maximum Gasteiger partial charge on any atom is 0.330 e.